The predicted molar refractivity (Wildman–Crippen MR) is 125 cm³/mol. The molecule has 2 aliphatic heterocycles. The highest BCUT2D eigenvalue weighted by Gasteiger charge is 2.38. The molecule has 0 amide bonds. The van der Waals surface area contributed by atoms with Crippen LogP contribution in [-0.2, 0) is 17.2 Å². The van der Waals surface area contributed by atoms with E-state index in [-0.39, 0.29) is 17.2 Å². The molecule has 2 aromatic rings. The van der Waals surface area contributed by atoms with E-state index in [1.807, 2.05) is 4.90 Å². The van der Waals surface area contributed by atoms with Crippen molar-refractivity contribution in [3.8, 4) is 0 Å². The molecular formula is C23H25ClF2N4O2S. The molecule has 0 radical (unpaired) electrons. The Labute approximate surface area is 198 Å². The van der Waals surface area contributed by atoms with Gasteiger partial charge >= 0.3 is 0 Å². The van der Waals surface area contributed by atoms with Crippen molar-refractivity contribution in [3.05, 3.63) is 46.1 Å². The van der Waals surface area contributed by atoms with Crippen molar-refractivity contribution in [2.24, 2.45) is 0 Å². The van der Waals surface area contributed by atoms with E-state index in [2.05, 4.69) is 5.32 Å². The van der Waals surface area contributed by atoms with E-state index in [9.17, 15) is 18.1 Å². The van der Waals surface area contributed by atoms with Gasteiger partial charge in [-0.1, -0.05) is 17.7 Å². The molecule has 0 saturated heterocycles. The molecule has 10 heteroatoms. The van der Waals surface area contributed by atoms with Crippen LogP contribution in [-0.4, -0.2) is 50.3 Å². The molecule has 176 valence electrons. The predicted octanol–water partition coefficient (Wildman–Crippen LogP) is 4.08. The Balaban J connectivity index is 1.46. The summed E-state index contributed by atoms with van der Waals surface area (Å²) in [6.07, 6.45) is 6.40. The maximum absolute atomic E-state index is 14.4. The summed E-state index contributed by atoms with van der Waals surface area (Å²) in [6.45, 7) is 0.866. The molecule has 1 aromatic carbocycles. The number of rotatable bonds is 5. The number of hydrogen-bond donors (Lipinski definition) is 2. The molecule has 1 unspecified atom stereocenters. The second-order valence-corrected chi connectivity index (χ2v) is 10.8. The fourth-order valence-electron chi connectivity index (χ4n) is 4.70. The largest absolute Gasteiger partial charge is 0.394 e. The number of aromatic nitrogens is 2. The number of anilines is 2. The van der Waals surface area contributed by atoms with Crippen molar-refractivity contribution < 1.29 is 18.1 Å². The number of benzene rings is 1. The molecule has 33 heavy (non-hydrogen) atoms. The highest BCUT2D eigenvalue weighted by molar-refractivity contribution is 7.85. The zero-order chi connectivity index (χ0) is 23.2. The van der Waals surface area contributed by atoms with Gasteiger partial charge in [-0.15, -0.1) is 0 Å². The lowest BCUT2D eigenvalue weighted by Gasteiger charge is -2.42. The third-order valence-corrected chi connectivity index (χ3v) is 8.47. The first-order valence-corrected chi connectivity index (χ1v) is 12.9. The first-order chi connectivity index (χ1) is 15.9. The van der Waals surface area contributed by atoms with E-state index in [1.54, 1.807) is 6.08 Å². The van der Waals surface area contributed by atoms with Gasteiger partial charge in [0, 0.05) is 29.4 Å². The van der Waals surface area contributed by atoms with Crippen LogP contribution in [0.15, 0.2) is 23.1 Å². The van der Waals surface area contributed by atoms with Crippen LogP contribution < -0.4 is 10.2 Å². The minimum absolute atomic E-state index is 0.0121. The van der Waals surface area contributed by atoms with Crippen LogP contribution in [0.5, 0.6) is 0 Å². The van der Waals surface area contributed by atoms with Crippen molar-refractivity contribution in [2.45, 2.75) is 49.0 Å². The summed E-state index contributed by atoms with van der Waals surface area (Å²) in [7, 11) is -1.19. The minimum Gasteiger partial charge on any atom is -0.394 e. The number of halogens is 3. The van der Waals surface area contributed by atoms with E-state index in [1.165, 1.54) is 0 Å². The molecule has 1 aliphatic carbocycles. The molecule has 3 aliphatic rings. The van der Waals surface area contributed by atoms with Crippen LogP contribution in [0.25, 0.3) is 5.57 Å². The molecule has 0 bridgehead atoms. The topological polar surface area (TPSA) is 78.4 Å². The Bertz CT molecular complexity index is 1130. The highest BCUT2D eigenvalue weighted by Crippen LogP contribution is 2.38. The highest BCUT2D eigenvalue weighted by atomic mass is 35.5. The molecular weight excluding hydrogens is 470 g/mol. The van der Waals surface area contributed by atoms with Crippen LogP contribution in [0.4, 0.5) is 20.5 Å². The van der Waals surface area contributed by atoms with Gasteiger partial charge in [0.05, 0.1) is 28.6 Å². The fraction of sp³-hybridized carbons (Fsp3) is 0.478. The number of fused-ring (bicyclic) bond motifs is 1. The average Bonchev–Trinajstić information content (AvgIpc) is 2.76. The second-order valence-electron chi connectivity index (χ2n) is 8.89. The maximum atomic E-state index is 14.4. The summed E-state index contributed by atoms with van der Waals surface area (Å²) in [5.74, 6) is 0.258. The Morgan fingerprint density at radius 1 is 1.18 bits per heavy atom. The number of nitrogens with one attached hydrogen (secondary N) is 1. The summed E-state index contributed by atoms with van der Waals surface area (Å²) in [4.78, 5) is 12.0. The van der Waals surface area contributed by atoms with Gasteiger partial charge in [-0.25, -0.2) is 13.8 Å². The molecule has 1 aromatic heterocycles. The van der Waals surface area contributed by atoms with Crippen molar-refractivity contribution in [1.82, 2.24) is 9.97 Å². The van der Waals surface area contributed by atoms with E-state index >= 15 is 0 Å². The number of aryl methyl sites for hydroxylation is 1. The van der Waals surface area contributed by atoms with Crippen LogP contribution in [0.3, 0.4) is 0 Å². The Hall–Kier alpha value is -2.10. The lowest BCUT2D eigenvalue weighted by Crippen LogP contribution is -2.49. The van der Waals surface area contributed by atoms with Crippen LogP contribution in [0.2, 0.25) is 5.02 Å². The summed E-state index contributed by atoms with van der Waals surface area (Å²) >= 11 is 5.75. The van der Waals surface area contributed by atoms with Crippen LogP contribution in [0, 0.1) is 11.6 Å². The monoisotopic (exact) mass is 494 g/mol. The van der Waals surface area contributed by atoms with Gasteiger partial charge in [0.2, 0.25) is 5.95 Å². The standard InChI is InChI=1S/C23H25ClF2N4O2S/c24-15-11-16(25)19(17(26)12-15)14-4-8-30(9-5-14)22-27-18-3-1-10-33(32)20(18)21(28-22)29-23(13-31)6-2-7-23/h4,11-12,31H,1-3,5-10,13H2,(H,27,28,29). The van der Waals surface area contributed by atoms with Gasteiger partial charge in [0.25, 0.3) is 0 Å². The van der Waals surface area contributed by atoms with Crippen molar-refractivity contribution in [1.29, 1.82) is 0 Å². The smallest absolute Gasteiger partial charge is 0.227 e. The summed E-state index contributed by atoms with van der Waals surface area (Å²) in [6, 6.07) is 2.24. The summed E-state index contributed by atoms with van der Waals surface area (Å²) in [5.41, 5.74) is 0.880. The first kappa shape index (κ1) is 22.7. The quantitative estimate of drug-likeness (QED) is 0.652. The normalized spacial score (nSPS) is 21.8. The zero-order valence-corrected chi connectivity index (χ0v) is 19.6. The Kier molecular flexibility index (Phi) is 6.13. The van der Waals surface area contributed by atoms with E-state index < -0.39 is 28.0 Å². The second kappa shape index (κ2) is 8.92. The van der Waals surface area contributed by atoms with E-state index in [0.29, 0.717) is 53.9 Å². The molecule has 1 fully saturated rings. The van der Waals surface area contributed by atoms with Gasteiger partial charge in [-0.3, -0.25) is 4.21 Å². The van der Waals surface area contributed by atoms with Gasteiger partial charge in [-0.2, -0.15) is 4.98 Å². The fourth-order valence-corrected chi connectivity index (χ4v) is 6.22. The molecule has 1 saturated carbocycles. The number of hydrogen-bond acceptors (Lipinski definition) is 6. The van der Waals surface area contributed by atoms with Crippen molar-refractivity contribution >= 4 is 39.7 Å². The number of aliphatic hydroxyl groups excluding tert-OH is 1. The van der Waals surface area contributed by atoms with Gasteiger partial charge in [0.1, 0.15) is 22.3 Å². The third-order valence-electron chi connectivity index (χ3n) is 6.71. The average molecular weight is 495 g/mol. The van der Waals surface area contributed by atoms with E-state index in [4.69, 9.17) is 21.6 Å². The minimum atomic E-state index is -1.19. The van der Waals surface area contributed by atoms with E-state index in [0.717, 1.165) is 43.5 Å². The lowest BCUT2D eigenvalue weighted by molar-refractivity contribution is 0.143. The van der Waals surface area contributed by atoms with Crippen LogP contribution in [0.1, 0.15) is 43.4 Å². The lowest BCUT2D eigenvalue weighted by atomic mass is 9.77. The first-order valence-electron chi connectivity index (χ1n) is 11.2. The Morgan fingerprint density at radius 2 is 1.94 bits per heavy atom. The Morgan fingerprint density at radius 3 is 2.55 bits per heavy atom. The third kappa shape index (κ3) is 4.26. The SMILES string of the molecule is O=S1CCCc2nc(N3CC=C(c4c(F)cc(Cl)cc4F)CC3)nc(NC3(CO)CCC3)c21. The van der Waals surface area contributed by atoms with Crippen LogP contribution >= 0.6 is 11.6 Å². The number of nitrogens with zero attached hydrogens (tertiary/aromatic N) is 3. The van der Waals surface area contributed by atoms with Gasteiger partial charge in [-0.05, 0) is 56.2 Å². The van der Waals surface area contributed by atoms with Gasteiger partial charge < -0.3 is 15.3 Å². The maximum Gasteiger partial charge on any atom is 0.227 e. The van der Waals surface area contributed by atoms with Crippen molar-refractivity contribution in [2.75, 3.05) is 35.7 Å². The number of aliphatic hydroxyl groups is 1. The molecule has 3 heterocycles. The summed E-state index contributed by atoms with van der Waals surface area (Å²) in [5, 5.41) is 13.3. The molecule has 1 atom stereocenters. The molecule has 2 N–H and O–H groups in total. The van der Waals surface area contributed by atoms with Crippen molar-refractivity contribution in [3.63, 3.8) is 0 Å². The molecule has 0 spiro atoms. The summed E-state index contributed by atoms with van der Waals surface area (Å²) < 4.78 is 41.5. The molecule has 5 rings (SSSR count). The zero-order valence-electron chi connectivity index (χ0n) is 18.0. The van der Waals surface area contributed by atoms with Gasteiger partial charge in [0.15, 0.2) is 0 Å². The molecule has 6 nitrogen and oxygen atoms in total.